The summed E-state index contributed by atoms with van der Waals surface area (Å²) in [5, 5.41) is -0.145. The van der Waals surface area contributed by atoms with Gasteiger partial charge in [0, 0.05) is 10.9 Å². The molecule has 2 aromatic carbocycles. The fourth-order valence-corrected chi connectivity index (χ4v) is 4.94. The summed E-state index contributed by atoms with van der Waals surface area (Å²) >= 11 is 5.80. The van der Waals surface area contributed by atoms with E-state index in [1.165, 1.54) is 18.2 Å². The Bertz CT molecular complexity index is 1150. The molecule has 1 heterocycles. The summed E-state index contributed by atoms with van der Waals surface area (Å²) in [6.45, 7) is 5.21. The Morgan fingerprint density at radius 3 is 2.37 bits per heavy atom. The van der Waals surface area contributed by atoms with Gasteiger partial charge >= 0.3 is 5.97 Å². The van der Waals surface area contributed by atoms with E-state index in [0.717, 1.165) is 17.2 Å². The Morgan fingerprint density at radius 2 is 1.78 bits per heavy atom. The van der Waals surface area contributed by atoms with Crippen molar-refractivity contribution in [1.82, 2.24) is 4.98 Å². The van der Waals surface area contributed by atoms with Gasteiger partial charge in [-0.1, -0.05) is 17.7 Å². The van der Waals surface area contributed by atoms with Crippen molar-refractivity contribution in [2.75, 3.05) is 6.61 Å². The average molecular weight is 410 g/mol. The fraction of sp³-hybridized carbons (Fsp3) is 0.211. The van der Waals surface area contributed by atoms with E-state index in [2.05, 4.69) is 4.98 Å². The highest BCUT2D eigenvalue weighted by atomic mass is 35.5. The van der Waals surface area contributed by atoms with Gasteiger partial charge in [0.2, 0.25) is 9.84 Å². The lowest BCUT2D eigenvalue weighted by atomic mass is 10.2. The van der Waals surface area contributed by atoms with Gasteiger partial charge in [0.15, 0.2) is 0 Å². The quantitative estimate of drug-likeness (QED) is 0.639. The van der Waals surface area contributed by atoms with Crippen LogP contribution in [-0.2, 0) is 14.6 Å². The molecule has 3 rings (SSSR count). The highest BCUT2D eigenvalue weighted by Gasteiger charge is 2.31. The van der Waals surface area contributed by atoms with Crippen LogP contribution in [0.4, 0.5) is 4.39 Å². The van der Waals surface area contributed by atoms with E-state index in [0.29, 0.717) is 0 Å². The smallest absolute Gasteiger partial charge is 0.356 e. The summed E-state index contributed by atoms with van der Waals surface area (Å²) in [5.74, 6) is -1.62. The number of aromatic amines is 1. The molecule has 8 heteroatoms. The van der Waals surface area contributed by atoms with Gasteiger partial charge < -0.3 is 9.72 Å². The molecule has 0 amide bonds. The third-order valence-corrected chi connectivity index (χ3v) is 6.15. The molecular weight excluding hydrogens is 393 g/mol. The number of rotatable bonds is 4. The minimum absolute atomic E-state index is 0.0156. The Balaban J connectivity index is 2.38. The predicted octanol–water partition coefficient (Wildman–Crippen LogP) is 4.59. The third kappa shape index (κ3) is 3.44. The molecule has 1 aromatic heterocycles. The predicted molar refractivity (Wildman–Crippen MR) is 101 cm³/mol. The Morgan fingerprint density at radius 1 is 1.15 bits per heavy atom. The molecule has 0 unspecified atom stereocenters. The zero-order valence-corrected chi connectivity index (χ0v) is 16.5. The second-order valence-electron chi connectivity index (χ2n) is 6.19. The van der Waals surface area contributed by atoms with E-state index in [1.807, 2.05) is 6.07 Å². The molecule has 142 valence electrons. The summed E-state index contributed by atoms with van der Waals surface area (Å²) < 4.78 is 45.7. The molecule has 0 aliphatic heterocycles. The van der Waals surface area contributed by atoms with Crippen molar-refractivity contribution in [3.63, 3.8) is 0 Å². The summed E-state index contributed by atoms with van der Waals surface area (Å²) in [5.41, 5.74) is 1.47. The number of hydrogen-bond donors (Lipinski definition) is 1. The van der Waals surface area contributed by atoms with Crippen LogP contribution in [0.5, 0.6) is 0 Å². The van der Waals surface area contributed by atoms with Crippen molar-refractivity contribution < 1.29 is 22.3 Å². The van der Waals surface area contributed by atoms with Crippen molar-refractivity contribution in [2.45, 2.75) is 30.6 Å². The van der Waals surface area contributed by atoms with Crippen LogP contribution >= 0.6 is 11.6 Å². The number of carbonyl (C=O) groups excluding carboxylic acids is 1. The van der Waals surface area contributed by atoms with Gasteiger partial charge in [-0.2, -0.15) is 0 Å². The van der Waals surface area contributed by atoms with E-state index in [4.69, 9.17) is 16.3 Å². The van der Waals surface area contributed by atoms with Crippen molar-refractivity contribution in [3.05, 3.63) is 58.0 Å². The first-order chi connectivity index (χ1) is 12.6. The number of nitrogens with one attached hydrogen (secondary N) is 1. The Labute approximate surface area is 161 Å². The lowest BCUT2D eigenvalue weighted by Gasteiger charge is -2.09. The first-order valence-corrected chi connectivity index (χ1v) is 10.0. The van der Waals surface area contributed by atoms with Crippen LogP contribution in [-0.4, -0.2) is 26.0 Å². The highest BCUT2D eigenvalue weighted by molar-refractivity contribution is 7.91. The van der Waals surface area contributed by atoms with E-state index in [-0.39, 0.29) is 38.0 Å². The molecular formula is C19H17ClFNO4S. The number of H-pyrrole nitrogens is 1. The van der Waals surface area contributed by atoms with E-state index in [9.17, 15) is 17.6 Å². The fourth-order valence-electron chi connectivity index (χ4n) is 3.00. The van der Waals surface area contributed by atoms with Crippen molar-refractivity contribution in [3.8, 4) is 0 Å². The zero-order valence-electron chi connectivity index (χ0n) is 14.9. The number of esters is 1. The molecule has 0 aliphatic carbocycles. The first-order valence-electron chi connectivity index (χ1n) is 8.16. The minimum Gasteiger partial charge on any atom is -0.461 e. The van der Waals surface area contributed by atoms with Crippen LogP contribution in [0.15, 0.2) is 40.1 Å². The molecule has 0 spiro atoms. The lowest BCUT2D eigenvalue weighted by molar-refractivity contribution is 0.0516. The SMILES string of the molecule is CCOC(=O)c1[nH]c2cc(Cl)c(F)cc2c1S(=O)(=O)c1cc(C)cc(C)c1. The number of benzene rings is 2. The molecule has 0 fully saturated rings. The second kappa shape index (κ2) is 6.98. The lowest BCUT2D eigenvalue weighted by Crippen LogP contribution is -2.12. The van der Waals surface area contributed by atoms with E-state index >= 15 is 0 Å². The molecule has 0 saturated heterocycles. The van der Waals surface area contributed by atoms with Crippen LogP contribution in [0, 0.1) is 19.7 Å². The number of ether oxygens (including phenoxy) is 1. The molecule has 27 heavy (non-hydrogen) atoms. The van der Waals surface area contributed by atoms with Crippen molar-refractivity contribution in [1.29, 1.82) is 0 Å². The number of fused-ring (bicyclic) bond motifs is 1. The van der Waals surface area contributed by atoms with Crippen LogP contribution in [0.25, 0.3) is 10.9 Å². The van der Waals surface area contributed by atoms with Gasteiger partial charge in [-0.15, -0.1) is 0 Å². The van der Waals surface area contributed by atoms with Crippen molar-refractivity contribution >= 4 is 38.3 Å². The molecule has 0 aliphatic rings. The summed E-state index contributed by atoms with van der Waals surface area (Å²) in [7, 11) is -4.13. The van der Waals surface area contributed by atoms with E-state index in [1.54, 1.807) is 20.8 Å². The van der Waals surface area contributed by atoms with Crippen LogP contribution < -0.4 is 0 Å². The molecule has 1 N–H and O–H groups in total. The summed E-state index contributed by atoms with van der Waals surface area (Å²) in [6.07, 6.45) is 0. The Kier molecular flexibility index (Phi) is 5.01. The maximum atomic E-state index is 14.0. The molecule has 5 nitrogen and oxygen atoms in total. The maximum Gasteiger partial charge on any atom is 0.356 e. The van der Waals surface area contributed by atoms with Crippen LogP contribution in [0.1, 0.15) is 28.5 Å². The summed E-state index contributed by atoms with van der Waals surface area (Å²) in [4.78, 5) is 14.8. The van der Waals surface area contributed by atoms with Gasteiger partial charge in [0.05, 0.1) is 16.5 Å². The maximum absolute atomic E-state index is 14.0. The van der Waals surface area contributed by atoms with E-state index < -0.39 is 21.6 Å². The molecule has 0 radical (unpaired) electrons. The van der Waals surface area contributed by atoms with Gasteiger partial charge in [0.25, 0.3) is 0 Å². The number of aryl methyl sites for hydroxylation is 2. The molecule has 0 bridgehead atoms. The largest absolute Gasteiger partial charge is 0.461 e. The highest BCUT2D eigenvalue weighted by Crippen LogP contribution is 2.35. The normalized spacial score (nSPS) is 11.7. The number of aromatic nitrogens is 1. The van der Waals surface area contributed by atoms with Gasteiger partial charge in [0.1, 0.15) is 16.4 Å². The zero-order chi connectivity index (χ0) is 19.9. The van der Waals surface area contributed by atoms with Gasteiger partial charge in [-0.25, -0.2) is 17.6 Å². The molecule has 0 atom stereocenters. The average Bonchev–Trinajstić information content (AvgIpc) is 2.93. The topological polar surface area (TPSA) is 76.2 Å². The van der Waals surface area contributed by atoms with Crippen molar-refractivity contribution in [2.24, 2.45) is 0 Å². The van der Waals surface area contributed by atoms with Crippen LogP contribution in [0.3, 0.4) is 0 Å². The molecule has 3 aromatic rings. The standard InChI is InChI=1S/C19H17ClFNO4S/c1-4-26-19(23)17-18(13-8-15(21)14(20)9-16(13)22-17)27(24,25)12-6-10(2)5-11(3)7-12/h5-9,22H,4H2,1-3H3. The van der Waals surface area contributed by atoms with Crippen LogP contribution in [0.2, 0.25) is 5.02 Å². The minimum atomic E-state index is -4.13. The third-order valence-electron chi connectivity index (χ3n) is 4.05. The second-order valence-corrected chi connectivity index (χ2v) is 8.48. The summed E-state index contributed by atoms with van der Waals surface area (Å²) in [6, 6.07) is 7.09. The van der Waals surface area contributed by atoms with Gasteiger partial charge in [-0.3, -0.25) is 0 Å². The monoisotopic (exact) mass is 409 g/mol. The number of halogens is 2. The number of sulfone groups is 1. The van der Waals surface area contributed by atoms with Gasteiger partial charge in [-0.05, 0) is 56.2 Å². The first kappa shape index (κ1) is 19.4. The Hall–Kier alpha value is -2.38. The molecule has 0 saturated carbocycles. The number of carbonyl (C=O) groups is 1. The number of hydrogen-bond acceptors (Lipinski definition) is 4.